The van der Waals surface area contributed by atoms with Crippen molar-refractivity contribution in [1.82, 2.24) is 0 Å². The maximum Gasteiger partial charge on any atom is 0.0601 e. The standard InChI is InChI=1S/C10H18O/c1-9(2)7-4-5-10(9,3)8(11)6-7/h7-8,11H,4-6H2,1-3H3/t7-,8-,10+/m0/s1. The Hall–Kier alpha value is -0.0400. The van der Waals surface area contributed by atoms with Gasteiger partial charge in [0.2, 0.25) is 0 Å². The van der Waals surface area contributed by atoms with Crippen LogP contribution in [0.2, 0.25) is 0 Å². The smallest absolute Gasteiger partial charge is 0.0601 e. The van der Waals surface area contributed by atoms with Gasteiger partial charge in [0.25, 0.3) is 0 Å². The molecule has 0 aromatic carbocycles. The maximum absolute atomic E-state index is 9.81. The van der Waals surface area contributed by atoms with E-state index in [1.165, 1.54) is 12.8 Å². The molecule has 3 atom stereocenters. The SMILES string of the molecule is CC1(C)[C@H]2CC[C@]1(C)[C@@H](O)C2. The van der Waals surface area contributed by atoms with Gasteiger partial charge in [-0.05, 0) is 36.0 Å². The van der Waals surface area contributed by atoms with Crippen LogP contribution >= 0.6 is 0 Å². The minimum absolute atomic E-state index is 0.0313. The summed E-state index contributed by atoms with van der Waals surface area (Å²) in [4.78, 5) is 0. The molecule has 2 aliphatic rings. The lowest BCUT2D eigenvalue weighted by atomic mass is 9.70. The quantitative estimate of drug-likeness (QED) is 0.567. The molecular weight excluding hydrogens is 136 g/mol. The number of rotatable bonds is 0. The summed E-state index contributed by atoms with van der Waals surface area (Å²) in [6.07, 6.45) is 3.58. The Morgan fingerprint density at radius 2 is 1.91 bits per heavy atom. The summed E-state index contributed by atoms with van der Waals surface area (Å²) in [5, 5.41) is 9.81. The van der Waals surface area contributed by atoms with Gasteiger partial charge >= 0.3 is 0 Å². The maximum atomic E-state index is 9.81. The Kier molecular flexibility index (Phi) is 1.26. The van der Waals surface area contributed by atoms with Crippen LogP contribution in [0.25, 0.3) is 0 Å². The molecule has 2 rings (SSSR count). The van der Waals surface area contributed by atoms with Gasteiger partial charge in [0, 0.05) is 0 Å². The number of fused-ring (bicyclic) bond motifs is 2. The van der Waals surface area contributed by atoms with Crippen molar-refractivity contribution in [2.75, 3.05) is 0 Å². The molecule has 1 N–H and O–H groups in total. The van der Waals surface area contributed by atoms with Crippen LogP contribution in [0.15, 0.2) is 0 Å². The summed E-state index contributed by atoms with van der Waals surface area (Å²) in [5.74, 6) is 0.780. The van der Waals surface area contributed by atoms with Crippen LogP contribution in [0.3, 0.4) is 0 Å². The third-order valence-corrected chi connectivity index (χ3v) is 4.75. The van der Waals surface area contributed by atoms with Crippen LogP contribution in [-0.2, 0) is 0 Å². The second-order valence-corrected chi connectivity index (χ2v) is 5.13. The van der Waals surface area contributed by atoms with Gasteiger partial charge in [0.15, 0.2) is 0 Å². The predicted octanol–water partition coefficient (Wildman–Crippen LogP) is 2.19. The molecule has 0 amide bonds. The Bertz CT molecular complexity index is 185. The Morgan fingerprint density at radius 1 is 1.27 bits per heavy atom. The molecule has 0 aromatic heterocycles. The van der Waals surface area contributed by atoms with Gasteiger partial charge in [-0.25, -0.2) is 0 Å². The van der Waals surface area contributed by atoms with Gasteiger partial charge in [-0.15, -0.1) is 0 Å². The van der Waals surface area contributed by atoms with Crippen LogP contribution in [0.1, 0.15) is 40.0 Å². The minimum Gasteiger partial charge on any atom is -0.393 e. The van der Waals surface area contributed by atoms with Gasteiger partial charge in [-0.2, -0.15) is 0 Å². The van der Waals surface area contributed by atoms with Crippen LogP contribution in [-0.4, -0.2) is 11.2 Å². The third-order valence-electron chi connectivity index (χ3n) is 4.75. The largest absolute Gasteiger partial charge is 0.393 e. The van der Waals surface area contributed by atoms with E-state index in [0.29, 0.717) is 5.41 Å². The predicted molar refractivity (Wildman–Crippen MR) is 45.2 cm³/mol. The highest BCUT2D eigenvalue weighted by atomic mass is 16.3. The van der Waals surface area contributed by atoms with Crippen LogP contribution in [0.4, 0.5) is 0 Å². The van der Waals surface area contributed by atoms with Gasteiger partial charge < -0.3 is 5.11 Å². The van der Waals surface area contributed by atoms with Gasteiger partial charge in [-0.3, -0.25) is 0 Å². The lowest BCUT2D eigenvalue weighted by Crippen LogP contribution is -2.35. The van der Waals surface area contributed by atoms with Crippen LogP contribution < -0.4 is 0 Å². The molecule has 0 aliphatic heterocycles. The second-order valence-electron chi connectivity index (χ2n) is 5.13. The molecular formula is C10H18O. The normalized spacial score (nSPS) is 53.5. The third kappa shape index (κ3) is 0.658. The van der Waals surface area contributed by atoms with E-state index in [-0.39, 0.29) is 11.5 Å². The monoisotopic (exact) mass is 154 g/mol. The first-order chi connectivity index (χ1) is 4.98. The van der Waals surface area contributed by atoms with Crippen LogP contribution in [0, 0.1) is 16.7 Å². The van der Waals surface area contributed by atoms with Crippen molar-refractivity contribution in [2.45, 2.75) is 46.1 Å². The van der Waals surface area contributed by atoms with E-state index in [2.05, 4.69) is 20.8 Å². The summed E-state index contributed by atoms with van der Waals surface area (Å²) in [6, 6.07) is 0. The number of aliphatic hydroxyl groups excluding tert-OH is 1. The average molecular weight is 154 g/mol. The fraction of sp³-hybridized carbons (Fsp3) is 1.00. The molecule has 0 radical (unpaired) electrons. The molecule has 0 aromatic rings. The number of hydrogen-bond donors (Lipinski definition) is 1. The minimum atomic E-state index is -0.0313. The summed E-state index contributed by atoms with van der Waals surface area (Å²) in [7, 11) is 0. The van der Waals surface area contributed by atoms with Crippen molar-refractivity contribution in [3.05, 3.63) is 0 Å². The summed E-state index contributed by atoms with van der Waals surface area (Å²) >= 11 is 0. The molecule has 0 unspecified atom stereocenters. The topological polar surface area (TPSA) is 20.2 Å². The first-order valence-corrected chi connectivity index (χ1v) is 4.66. The van der Waals surface area contributed by atoms with Crippen molar-refractivity contribution in [3.8, 4) is 0 Å². The van der Waals surface area contributed by atoms with E-state index in [1.54, 1.807) is 0 Å². The van der Waals surface area contributed by atoms with E-state index < -0.39 is 0 Å². The highest BCUT2D eigenvalue weighted by Gasteiger charge is 2.60. The second kappa shape index (κ2) is 1.82. The molecule has 1 nitrogen and oxygen atoms in total. The zero-order chi connectivity index (χ0) is 8.28. The Balaban J connectivity index is 2.40. The van der Waals surface area contributed by atoms with Crippen molar-refractivity contribution in [3.63, 3.8) is 0 Å². The van der Waals surface area contributed by atoms with E-state index in [0.717, 1.165) is 12.3 Å². The molecule has 2 fully saturated rings. The first-order valence-electron chi connectivity index (χ1n) is 4.66. The van der Waals surface area contributed by atoms with Crippen molar-refractivity contribution < 1.29 is 5.11 Å². The van der Waals surface area contributed by atoms with E-state index >= 15 is 0 Å². The number of aliphatic hydroxyl groups is 1. The Labute approximate surface area is 68.8 Å². The molecule has 0 spiro atoms. The summed E-state index contributed by atoms with van der Waals surface area (Å²) in [6.45, 7) is 6.90. The molecule has 2 aliphatic carbocycles. The average Bonchev–Trinajstić information content (AvgIpc) is 2.20. The lowest BCUT2D eigenvalue weighted by Gasteiger charge is -2.36. The highest BCUT2D eigenvalue weighted by Crippen LogP contribution is 2.65. The van der Waals surface area contributed by atoms with Gasteiger partial charge in [0.05, 0.1) is 6.10 Å². The summed E-state index contributed by atoms with van der Waals surface area (Å²) in [5.41, 5.74) is 0.601. The van der Waals surface area contributed by atoms with Crippen molar-refractivity contribution in [1.29, 1.82) is 0 Å². The van der Waals surface area contributed by atoms with Gasteiger partial charge in [-0.1, -0.05) is 20.8 Å². The van der Waals surface area contributed by atoms with E-state index in [9.17, 15) is 5.11 Å². The lowest BCUT2D eigenvalue weighted by molar-refractivity contribution is 0.0126. The zero-order valence-corrected chi connectivity index (χ0v) is 7.72. The molecule has 0 saturated heterocycles. The zero-order valence-electron chi connectivity index (χ0n) is 7.72. The highest BCUT2D eigenvalue weighted by molar-refractivity contribution is 5.10. The van der Waals surface area contributed by atoms with Crippen molar-refractivity contribution >= 4 is 0 Å². The van der Waals surface area contributed by atoms with E-state index in [1.807, 2.05) is 0 Å². The molecule has 11 heavy (non-hydrogen) atoms. The molecule has 64 valence electrons. The molecule has 2 bridgehead atoms. The summed E-state index contributed by atoms with van der Waals surface area (Å²) < 4.78 is 0. The van der Waals surface area contributed by atoms with E-state index in [4.69, 9.17) is 0 Å². The Morgan fingerprint density at radius 3 is 2.09 bits per heavy atom. The molecule has 1 heteroatoms. The fourth-order valence-electron chi connectivity index (χ4n) is 3.16. The van der Waals surface area contributed by atoms with Crippen LogP contribution in [0.5, 0.6) is 0 Å². The molecule has 0 heterocycles. The first kappa shape index (κ1) is 7.60. The molecule has 2 saturated carbocycles. The van der Waals surface area contributed by atoms with Crippen molar-refractivity contribution in [2.24, 2.45) is 16.7 Å². The van der Waals surface area contributed by atoms with Gasteiger partial charge in [0.1, 0.15) is 0 Å². The fourth-order valence-corrected chi connectivity index (χ4v) is 3.16. The number of hydrogen-bond acceptors (Lipinski definition) is 1.